The summed E-state index contributed by atoms with van der Waals surface area (Å²) < 4.78 is 10.8. The molecule has 0 aliphatic rings. The number of aromatic hydroxyl groups is 1. The lowest BCUT2D eigenvalue weighted by Crippen LogP contribution is -2.22. The molecule has 0 aliphatic carbocycles. The van der Waals surface area contributed by atoms with Gasteiger partial charge < -0.3 is 19.9 Å². The standard InChI is InChI=1S/C21H25ClN4O3/c1-5-26(6-2)12-13-9-14(7-8-17(13)27)23-20-15-10-18(28-3)19(29-4)11-16(15)24-21(22)25-20/h7-11,27H,5-6,12H2,1-4H3,(H,23,24,25). The number of benzene rings is 2. The molecule has 2 N–H and O–H groups in total. The Morgan fingerprint density at radius 1 is 1.03 bits per heavy atom. The zero-order valence-electron chi connectivity index (χ0n) is 17.0. The Kier molecular flexibility index (Phi) is 6.61. The van der Waals surface area contributed by atoms with Crippen LogP contribution >= 0.6 is 11.6 Å². The maximum Gasteiger partial charge on any atom is 0.224 e. The maximum atomic E-state index is 10.3. The number of phenolic OH excluding ortho intramolecular Hbond substituents is 1. The molecule has 0 saturated heterocycles. The van der Waals surface area contributed by atoms with Crippen molar-refractivity contribution in [2.75, 3.05) is 32.6 Å². The number of nitrogens with one attached hydrogen (secondary N) is 1. The van der Waals surface area contributed by atoms with Crippen molar-refractivity contribution >= 4 is 34.0 Å². The fourth-order valence-corrected chi connectivity index (χ4v) is 3.31. The summed E-state index contributed by atoms with van der Waals surface area (Å²) in [6, 6.07) is 8.95. The lowest BCUT2D eigenvalue weighted by Gasteiger charge is -2.19. The van der Waals surface area contributed by atoms with Gasteiger partial charge in [-0.15, -0.1) is 0 Å². The number of fused-ring (bicyclic) bond motifs is 1. The summed E-state index contributed by atoms with van der Waals surface area (Å²) in [5.74, 6) is 1.94. The second-order valence-electron chi connectivity index (χ2n) is 6.50. The zero-order chi connectivity index (χ0) is 21.0. The minimum absolute atomic E-state index is 0.120. The van der Waals surface area contributed by atoms with Crippen LogP contribution in [-0.2, 0) is 6.54 Å². The van der Waals surface area contributed by atoms with Crippen molar-refractivity contribution in [3.8, 4) is 17.2 Å². The maximum absolute atomic E-state index is 10.3. The molecule has 0 saturated carbocycles. The molecule has 0 fully saturated rings. The summed E-state index contributed by atoms with van der Waals surface area (Å²) in [5, 5.41) is 14.4. The molecule has 0 spiro atoms. The van der Waals surface area contributed by atoms with E-state index in [1.807, 2.05) is 12.1 Å². The highest BCUT2D eigenvalue weighted by Crippen LogP contribution is 2.36. The van der Waals surface area contributed by atoms with Gasteiger partial charge in [0.1, 0.15) is 11.6 Å². The van der Waals surface area contributed by atoms with E-state index in [9.17, 15) is 5.11 Å². The van der Waals surface area contributed by atoms with E-state index in [-0.39, 0.29) is 11.0 Å². The second-order valence-corrected chi connectivity index (χ2v) is 6.83. The number of anilines is 2. The van der Waals surface area contributed by atoms with E-state index in [0.717, 1.165) is 29.7 Å². The molecule has 3 rings (SSSR count). The van der Waals surface area contributed by atoms with Gasteiger partial charge in [0.25, 0.3) is 0 Å². The molecule has 0 bridgehead atoms. The lowest BCUT2D eigenvalue weighted by molar-refractivity contribution is 0.291. The molecule has 3 aromatic rings. The summed E-state index contributed by atoms with van der Waals surface area (Å²) in [6.07, 6.45) is 0. The first-order chi connectivity index (χ1) is 14.0. The van der Waals surface area contributed by atoms with Crippen molar-refractivity contribution < 1.29 is 14.6 Å². The van der Waals surface area contributed by atoms with E-state index < -0.39 is 0 Å². The molecule has 7 nitrogen and oxygen atoms in total. The van der Waals surface area contributed by atoms with Crippen molar-refractivity contribution in [2.24, 2.45) is 0 Å². The molecule has 2 aromatic carbocycles. The van der Waals surface area contributed by atoms with Crippen LogP contribution in [0, 0.1) is 0 Å². The van der Waals surface area contributed by atoms with E-state index >= 15 is 0 Å². The van der Waals surface area contributed by atoms with Gasteiger partial charge in [-0.1, -0.05) is 13.8 Å². The van der Waals surface area contributed by atoms with Crippen molar-refractivity contribution in [3.05, 3.63) is 41.2 Å². The topological polar surface area (TPSA) is 79.7 Å². The van der Waals surface area contributed by atoms with Crippen molar-refractivity contribution in [2.45, 2.75) is 20.4 Å². The van der Waals surface area contributed by atoms with E-state index in [2.05, 4.69) is 34.0 Å². The monoisotopic (exact) mass is 416 g/mol. The van der Waals surface area contributed by atoms with Crippen LogP contribution in [0.4, 0.5) is 11.5 Å². The van der Waals surface area contributed by atoms with Gasteiger partial charge in [-0.3, -0.25) is 4.90 Å². The minimum Gasteiger partial charge on any atom is -0.508 e. The first-order valence-corrected chi connectivity index (χ1v) is 9.77. The third-order valence-corrected chi connectivity index (χ3v) is 4.97. The van der Waals surface area contributed by atoms with Crippen LogP contribution in [0.1, 0.15) is 19.4 Å². The fourth-order valence-electron chi connectivity index (χ4n) is 3.14. The van der Waals surface area contributed by atoms with E-state index in [0.29, 0.717) is 29.4 Å². The molecule has 0 amide bonds. The van der Waals surface area contributed by atoms with Crippen molar-refractivity contribution in [3.63, 3.8) is 0 Å². The van der Waals surface area contributed by atoms with Gasteiger partial charge in [0.05, 0.1) is 19.7 Å². The number of rotatable bonds is 8. The van der Waals surface area contributed by atoms with Crippen LogP contribution in [-0.4, -0.2) is 47.3 Å². The summed E-state index contributed by atoms with van der Waals surface area (Å²) in [6.45, 7) is 6.66. The normalized spacial score (nSPS) is 11.1. The Labute approximate surface area is 175 Å². The predicted octanol–water partition coefficient (Wildman–Crippen LogP) is 4.59. The molecule has 154 valence electrons. The molecule has 0 aliphatic heterocycles. The summed E-state index contributed by atoms with van der Waals surface area (Å²) >= 11 is 6.14. The van der Waals surface area contributed by atoms with Crippen LogP contribution in [0.2, 0.25) is 5.28 Å². The molecule has 0 unspecified atom stereocenters. The molecule has 29 heavy (non-hydrogen) atoms. The molecule has 0 radical (unpaired) electrons. The van der Waals surface area contributed by atoms with Crippen LogP contribution in [0.3, 0.4) is 0 Å². The minimum atomic E-state index is 0.120. The van der Waals surface area contributed by atoms with Gasteiger partial charge >= 0.3 is 0 Å². The SMILES string of the molecule is CCN(CC)Cc1cc(Nc2nc(Cl)nc3cc(OC)c(OC)cc23)ccc1O. The average Bonchev–Trinajstić information content (AvgIpc) is 2.72. The number of methoxy groups -OCH3 is 2. The van der Waals surface area contributed by atoms with E-state index in [1.54, 1.807) is 32.4 Å². The third-order valence-electron chi connectivity index (χ3n) is 4.80. The van der Waals surface area contributed by atoms with Gasteiger partial charge in [-0.25, -0.2) is 4.98 Å². The molecule has 8 heteroatoms. The molecular formula is C21H25ClN4O3. The fraction of sp³-hybridized carbons (Fsp3) is 0.333. The third kappa shape index (κ3) is 4.63. The van der Waals surface area contributed by atoms with Gasteiger partial charge in [0, 0.05) is 29.2 Å². The first kappa shape index (κ1) is 21.0. The Morgan fingerprint density at radius 3 is 2.38 bits per heavy atom. The molecule has 1 aromatic heterocycles. The summed E-state index contributed by atoms with van der Waals surface area (Å²) in [7, 11) is 3.15. The number of nitrogens with zero attached hydrogens (tertiary/aromatic N) is 3. The average molecular weight is 417 g/mol. The molecule has 1 heterocycles. The molecule has 0 atom stereocenters. The van der Waals surface area contributed by atoms with Crippen LogP contribution in [0.15, 0.2) is 30.3 Å². The Hall–Kier alpha value is -2.77. The number of phenols is 1. The Balaban J connectivity index is 2.01. The van der Waals surface area contributed by atoms with Gasteiger partial charge in [0.2, 0.25) is 5.28 Å². The quantitative estimate of drug-likeness (QED) is 0.410. The van der Waals surface area contributed by atoms with Gasteiger partial charge in [0.15, 0.2) is 11.5 Å². The summed E-state index contributed by atoms with van der Waals surface area (Å²) in [4.78, 5) is 10.9. The van der Waals surface area contributed by atoms with Crippen LogP contribution in [0.25, 0.3) is 10.9 Å². The van der Waals surface area contributed by atoms with E-state index in [1.165, 1.54) is 0 Å². The highest BCUT2D eigenvalue weighted by atomic mass is 35.5. The number of hydrogen-bond acceptors (Lipinski definition) is 7. The second kappa shape index (κ2) is 9.15. The number of aromatic nitrogens is 2. The highest BCUT2D eigenvalue weighted by molar-refractivity contribution is 6.28. The lowest BCUT2D eigenvalue weighted by atomic mass is 10.1. The number of hydrogen-bond donors (Lipinski definition) is 2. The van der Waals surface area contributed by atoms with Crippen molar-refractivity contribution in [1.29, 1.82) is 0 Å². The van der Waals surface area contributed by atoms with Crippen molar-refractivity contribution in [1.82, 2.24) is 14.9 Å². The Morgan fingerprint density at radius 2 is 1.72 bits per heavy atom. The predicted molar refractivity (Wildman–Crippen MR) is 116 cm³/mol. The summed E-state index contributed by atoms with van der Waals surface area (Å²) in [5.41, 5.74) is 2.26. The van der Waals surface area contributed by atoms with Gasteiger partial charge in [-0.2, -0.15) is 4.98 Å². The Bertz CT molecular complexity index is 1010. The zero-order valence-corrected chi connectivity index (χ0v) is 17.7. The number of ether oxygens (including phenoxy) is 2. The molecular weight excluding hydrogens is 392 g/mol. The highest BCUT2D eigenvalue weighted by Gasteiger charge is 2.14. The number of halogens is 1. The smallest absolute Gasteiger partial charge is 0.224 e. The first-order valence-electron chi connectivity index (χ1n) is 9.39. The van der Waals surface area contributed by atoms with E-state index in [4.69, 9.17) is 21.1 Å². The largest absolute Gasteiger partial charge is 0.508 e. The van der Waals surface area contributed by atoms with Crippen LogP contribution in [0.5, 0.6) is 17.2 Å². The van der Waals surface area contributed by atoms with Gasteiger partial charge in [-0.05, 0) is 49.0 Å². The van der Waals surface area contributed by atoms with Crippen LogP contribution < -0.4 is 14.8 Å².